The zero-order valence-corrected chi connectivity index (χ0v) is 12.8. The molecule has 0 saturated heterocycles. The fourth-order valence-corrected chi connectivity index (χ4v) is 3.20. The van der Waals surface area contributed by atoms with Crippen LogP contribution < -0.4 is 5.32 Å². The molecular formula is C13H13BrN2O2S. The summed E-state index contributed by atoms with van der Waals surface area (Å²) < 4.78 is 0.705. The number of anilines is 1. The summed E-state index contributed by atoms with van der Waals surface area (Å²) in [6.45, 7) is 2.87. The topological polar surface area (TPSA) is 55.2 Å². The molecule has 2 rings (SSSR count). The van der Waals surface area contributed by atoms with Crippen molar-refractivity contribution in [3.63, 3.8) is 0 Å². The van der Waals surface area contributed by atoms with Gasteiger partial charge < -0.3 is 5.32 Å². The minimum atomic E-state index is -0.400. The lowest BCUT2D eigenvalue weighted by atomic mass is 10.2. The second-order valence-electron chi connectivity index (χ2n) is 4.00. The molecule has 0 bridgehead atoms. The fraction of sp³-hybridized carbons (Fsp3) is 0.231. The molecule has 1 N–H and O–H groups in total. The smallest absolute Gasteiger partial charge is 0.270 e. The van der Waals surface area contributed by atoms with Gasteiger partial charge in [0.1, 0.15) is 0 Å². The van der Waals surface area contributed by atoms with Crippen LogP contribution in [0.15, 0.2) is 34.1 Å². The number of non-ortho nitro benzene ring substituents is 1. The third kappa shape index (κ3) is 3.33. The van der Waals surface area contributed by atoms with Gasteiger partial charge >= 0.3 is 0 Å². The van der Waals surface area contributed by atoms with Crippen LogP contribution >= 0.6 is 27.3 Å². The Balaban J connectivity index is 2.10. The van der Waals surface area contributed by atoms with E-state index in [1.165, 1.54) is 22.6 Å². The van der Waals surface area contributed by atoms with Crippen molar-refractivity contribution in [1.82, 2.24) is 0 Å². The average Bonchev–Trinajstić information content (AvgIpc) is 2.84. The van der Waals surface area contributed by atoms with Gasteiger partial charge in [-0.15, -0.1) is 11.3 Å². The van der Waals surface area contributed by atoms with Crippen molar-refractivity contribution in [3.05, 3.63) is 54.7 Å². The third-order valence-corrected chi connectivity index (χ3v) is 4.44. The summed E-state index contributed by atoms with van der Waals surface area (Å²) in [5, 5.41) is 16.0. The van der Waals surface area contributed by atoms with E-state index in [1.54, 1.807) is 17.4 Å². The summed E-state index contributed by atoms with van der Waals surface area (Å²) in [4.78, 5) is 11.6. The predicted molar refractivity (Wildman–Crippen MR) is 81.8 cm³/mol. The maximum Gasteiger partial charge on any atom is 0.270 e. The monoisotopic (exact) mass is 340 g/mol. The largest absolute Gasteiger partial charge is 0.379 e. The minimum Gasteiger partial charge on any atom is -0.379 e. The van der Waals surface area contributed by atoms with E-state index in [9.17, 15) is 10.1 Å². The molecule has 0 amide bonds. The van der Waals surface area contributed by atoms with Crippen LogP contribution in [0.3, 0.4) is 0 Å². The SMILES string of the molecule is CCc1ccsc1CNc1ccc([N+](=O)[O-])cc1Br. The Labute approximate surface area is 123 Å². The Hall–Kier alpha value is -1.40. The number of halogens is 1. The molecule has 0 radical (unpaired) electrons. The van der Waals surface area contributed by atoms with E-state index in [0.29, 0.717) is 4.47 Å². The molecule has 1 aromatic carbocycles. The Kier molecular flexibility index (Phi) is 4.55. The number of nitro groups is 1. The highest BCUT2D eigenvalue weighted by atomic mass is 79.9. The summed E-state index contributed by atoms with van der Waals surface area (Å²) in [6, 6.07) is 6.87. The Morgan fingerprint density at radius 3 is 2.84 bits per heavy atom. The highest BCUT2D eigenvalue weighted by molar-refractivity contribution is 9.10. The maximum absolute atomic E-state index is 10.7. The molecule has 4 nitrogen and oxygen atoms in total. The second kappa shape index (κ2) is 6.16. The molecule has 19 heavy (non-hydrogen) atoms. The first-order valence-corrected chi connectivity index (χ1v) is 7.52. The Morgan fingerprint density at radius 2 is 2.21 bits per heavy atom. The van der Waals surface area contributed by atoms with Gasteiger partial charge in [0, 0.05) is 33.7 Å². The molecule has 1 aromatic heterocycles. The molecule has 0 unspecified atom stereocenters. The summed E-state index contributed by atoms with van der Waals surface area (Å²) in [5.74, 6) is 0. The normalized spacial score (nSPS) is 10.4. The van der Waals surface area contributed by atoms with Crippen LogP contribution in [0.25, 0.3) is 0 Å². The van der Waals surface area contributed by atoms with Crippen molar-refractivity contribution < 1.29 is 4.92 Å². The molecule has 1 heterocycles. The van der Waals surface area contributed by atoms with Gasteiger partial charge in [-0.3, -0.25) is 10.1 Å². The number of nitro benzene ring substituents is 1. The number of benzene rings is 1. The van der Waals surface area contributed by atoms with Crippen LogP contribution in [0.4, 0.5) is 11.4 Å². The summed E-state index contributed by atoms with van der Waals surface area (Å²) in [5.41, 5.74) is 2.29. The van der Waals surface area contributed by atoms with Crippen molar-refractivity contribution >= 4 is 38.6 Å². The molecular weight excluding hydrogens is 328 g/mol. The second-order valence-corrected chi connectivity index (χ2v) is 5.85. The van der Waals surface area contributed by atoms with Gasteiger partial charge in [0.15, 0.2) is 0 Å². The number of thiophene rings is 1. The van der Waals surface area contributed by atoms with Crippen LogP contribution in [0, 0.1) is 10.1 Å². The highest BCUT2D eigenvalue weighted by Crippen LogP contribution is 2.28. The molecule has 0 aliphatic rings. The summed E-state index contributed by atoms with van der Waals surface area (Å²) in [7, 11) is 0. The van der Waals surface area contributed by atoms with Gasteiger partial charge in [-0.25, -0.2) is 0 Å². The van der Waals surface area contributed by atoms with Crippen LogP contribution in [0.1, 0.15) is 17.4 Å². The van der Waals surface area contributed by atoms with Gasteiger partial charge in [-0.1, -0.05) is 6.92 Å². The van der Waals surface area contributed by atoms with Crippen LogP contribution in [0.2, 0.25) is 0 Å². The number of nitrogens with zero attached hydrogens (tertiary/aromatic N) is 1. The van der Waals surface area contributed by atoms with Crippen molar-refractivity contribution in [3.8, 4) is 0 Å². The first kappa shape index (κ1) is 14.0. The molecule has 0 fully saturated rings. The number of nitrogens with one attached hydrogen (secondary N) is 1. The van der Waals surface area contributed by atoms with Crippen molar-refractivity contribution in [1.29, 1.82) is 0 Å². The molecule has 0 saturated carbocycles. The molecule has 0 spiro atoms. The van der Waals surface area contributed by atoms with Gasteiger partial charge in [0.25, 0.3) is 5.69 Å². The van der Waals surface area contributed by atoms with Crippen molar-refractivity contribution in [2.75, 3.05) is 5.32 Å². The van der Waals surface area contributed by atoms with Gasteiger partial charge in [-0.05, 0) is 45.4 Å². The van der Waals surface area contributed by atoms with Crippen LogP contribution in [-0.2, 0) is 13.0 Å². The third-order valence-electron chi connectivity index (χ3n) is 2.82. The van der Waals surface area contributed by atoms with E-state index in [4.69, 9.17) is 0 Å². The van der Waals surface area contributed by atoms with Crippen LogP contribution in [-0.4, -0.2) is 4.92 Å². The maximum atomic E-state index is 10.7. The van der Waals surface area contributed by atoms with E-state index in [-0.39, 0.29) is 5.69 Å². The molecule has 100 valence electrons. The van der Waals surface area contributed by atoms with E-state index in [1.807, 2.05) is 0 Å². The van der Waals surface area contributed by atoms with Crippen molar-refractivity contribution in [2.24, 2.45) is 0 Å². The summed E-state index contributed by atoms with van der Waals surface area (Å²) in [6.07, 6.45) is 1.02. The first-order valence-electron chi connectivity index (χ1n) is 5.85. The van der Waals surface area contributed by atoms with Gasteiger partial charge in [-0.2, -0.15) is 0 Å². The first-order chi connectivity index (χ1) is 9.11. The lowest BCUT2D eigenvalue weighted by Gasteiger charge is -2.08. The Bertz CT molecular complexity index is 598. The number of aryl methyl sites for hydroxylation is 1. The lowest BCUT2D eigenvalue weighted by Crippen LogP contribution is -2.00. The zero-order valence-electron chi connectivity index (χ0n) is 10.4. The quantitative estimate of drug-likeness (QED) is 0.639. The summed E-state index contributed by atoms with van der Waals surface area (Å²) >= 11 is 5.07. The fourth-order valence-electron chi connectivity index (χ4n) is 1.77. The number of hydrogen-bond donors (Lipinski definition) is 1. The minimum absolute atomic E-state index is 0.0859. The molecule has 0 atom stereocenters. The van der Waals surface area contributed by atoms with E-state index in [0.717, 1.165) is 18.7 Å². The van der Waals surface area contributed by atoms with E-state index >= 15 is 0 Å². The molecule has 0 aliphatic carbocycles. The highest BCUT2D eigenvalue weighted by Gasteiger charge is 2.09. The van der Waals surface area contributed by atoms with Crippen LogP contribution in [0.5, 0.6) is 0 Å². The lowest BCUT2D eigenvalue weighted by molar-refractivity contribution is -0.384. The van der Waals surface area contributed by atoms with Crippen molar-refractivity contribution in [2.45, 2.75) is 19.9 Å². The number of rotatable bonds is 5. The molecule has 0 aliphatic heterocycles. The van der Waals surface area contributed by atoms with Gasteiger partial charge in [0.2, 0.25) is 0 Å². The average molecular weight is 341 g/mol. The van der Waals surface area contributed by atoms with E-state index in [2.05, 4.69) is 39.6 Å². The standard InChI is InChI=1S/C13H13BrN2O2S/c1-2-9-5-6-19-13(9)8-15-12-4-3-10(16(17)18)7-11(12)14/h3-7,15H,2,8H2,1H3. The van der Waals surface area contributed by atoms with Gasteiger partial charge in [0.05, 0.1) is 4.92 Å². The number of hydrogen-bond acceptors (Lipinski definition) is 4. The van der Waals surface area contributed by atoms with E-state index < -0.39 is 4.92 Å². The molecule has 2 aromatic rings. The Morgan fingerprint density at radius 1 is 1.42 bits per heavy atom. The zero-order chi connectivity index (χ0) is 13.8. The predicted octanol–water partition coefficient (Wildman–Crippen LogP) is 4.59. The molecule has 6 heteroatoms.